The molecule has 3 aromatic rings. The zero-order valence-electron chi connectivity index (χ0n) is 16.6. The summed E-state index contributed by atoms with van der Waals surface area (Å²) in [4.78, 5) is 12.3. The Balaban J connectivity index is 2.02. The molecule has 1 atom stereocenters. The van der Waals surface area contributed by atoms with Gasteiger partial charge in [0.1, 0.15) is 5.75 Å². The molecule has 3 aromatic carbocycles. The van der Waals surface area contributed by atoms with E-state index in [4.69, 9.17) is 17.3 Å². The third-order valence-electron chi connectivity index (χ3n) is 4.66. The summed E-state index contributed by atoms with van der Waals surface area (Å²) in [5, 5.41) is 0.0831. The minimum atomic E-state index is -4.88. The molecule has 3 rings (SSSR count). The lowest BCUT2D eigenvalue weighted by molar-refractivity contribution is -0.274. The van der Waals surface area contributed by atoms with Crippen molar-refractivity contribution in [2.45, 2.75) is 17.2 Å². The van der Waals surface area contributed by atoms with Crippen LogP contribution in [0.15, 0.2) is 71.6 Å². The van der Waals surface area contributed by atoms with E-state index in [1.54, 1.807) is 6.07 Å². The van der Waals surface area contributed by atoms with Crippen LogP contribution in [0.5, 0.6) is 5.75 Å². The molecule has 1 unspecified atom stereocenters. The first-order chi connectivity index (χ1) is 14.9. The molecule has 5 nitrogen and oxygen atoms in total. The second kappa shape index (κ2) is 8.84. The molecule has 32 heavy (non-hydrogen) atoms. The number of carbonyl (C=O) groups is 1. The van der Waals surface area contributed by atoms with Gasteiger partial charge in [-0.15, -0.1) is 13.2 Å². The van der Waals surface area contributed by atoms with E-state index in [-0.39, 0.29) is 21.0 Å². The molecule has 10 heteroatoms. The lowest BCUT2D eigenvalue weighted by Crippen LogP contribution is -2.22. The Morgan fingerprint density at radius 1 is 0.969 bits per heavy atom. The van der Waals surface area contributed by atoms with Gasteiger partial charge >= 0.3 is 6.36 Å². The first-order valence-electron chi connectivity index (χ1n) is 9.11. The molecular weight excluding hydrogens is 467 g/mol. The first kappa shape index (κ1) is 23.6. The molecular formula is C22H17ClF3NO4S. The van der Waals surface area contributed by atoms with E-state index in [1.807, 2.05) is 0 Å². The van der Waals surface area contributed by atoms with Crippen LogP contribution in [0, 0.1) is 0 Å². The van der Waals surface area contributed by atoms with E-state index < -0.39 is 33.8 Å². The molecule has 0 radical (unpaired) electrons. The maximum absolute atomic E-state index is 12.7. The van der Waals surface area contributed by atoms with Crippen molar-refractivity contribution in [1.82, 2.24) is 0 Å². The average molecular weight is 484 g/mol. The van der Waals surface area contributed by atoms with Crippen LogP contribution in [-0.4, -0.2) is 26.9 Å². The molecule has 1 amide bonds. The molecule has 0 aliphatic heterocycles. The van der Waals surface area contributed by atoms with Crippen LogP contribution in [0.4, 0.5) is 13.2 Å². The summed E-state index contributed by atoms with van der Waals surface area (Å²) in [6, 6.07) is 15.6. The van der Waals surface area contributed by atoms with Crippen molar-refractivity contribution >= 4 is 27.3 Å². The molecule has 0 saturated heterocycles. The highest BCUT2D eigenvalue weighted by Gasteiger charge is 2.32. The Bertz CT molecular complexity index is 1260. The van der Waals surface area contributed by atoms with Crippen molar-refractivity contribution in [3.8, 4) is 16.9 Å². The van der Waals surface area contributed by atoms with E-state index in [9.17, 15) is 26.4 Å². The predicted molar refractivity (Wildman–Crippen MR) is 114 cm³/mol. The van der Waals surface area contributed by atoms with E-state index in [2.05, 4.69) is 4.74 Å². The minimum Gasteiger partial charge on any atom is -0.405 e. The van der Waals surface area contributed by atoms with Gasteiger partial charge in [-0.25, -0.2) is 8.42 Å². The molecule has 0 aromatic heterocycles. The Morgan fingerprint density at radius 3 is 2.09 bits per heavy atom. The van der Waals surface area contributed by atoms with Crippen LogP contribution in [0.3, 0.4) is 0 Å². The minimum absolute atomic E-state index is 0.0825. The predicted octanol–water partition coefficient (Wildman–Crippen LogP) is 4.93. The highest BCUT2D eigenvalue weighted by Crippen LogP contribution is 2.39. The third kappa shape index (κ3) is 5.41. The number of primary amides is 1. The van der Waals surface area contributed by atoms with Crippen molar-refractivity contribution in [1.29, 1.82) is 0 Å². The van der Waals surface area contributed by atoms with E-state index in [0.717, 1.165) is 6.26 Å². The molecule has 0 saturated carbocycles. The van der Waals surface area contributed by atoms with Gasteiger partial charge in [0.15, 0.2) is 9.84 Å². The number of ether oxygens (including phenoxy) is 1. The van der Waals surface area contributed by atoms with Gasteiger partial charge in [-0.05, 0) is 35.4 Å². The fourth-order valence-electron chi connectivity index (χ4n) is 3.26. The lowest BCUT2D eigenvalue weighted by Gasteiger charge is -2.18. The fraction of sp³-hybridized carbons (Fsp3) is 0.136. The summed E-state index contributed by atoms with van der Waals surface area (Å²) in [6.45, 7) is 0. The number of rotatable bonds is 6. The Kier molecular flexibility index (Phi) is 6.52. The number of alkyl halides is 3. The van der Waals surface area contributed by atoms with Crippen molar-refractivity contribution < 1.29 is 31.1 Å². The summed E-state index contributed by atoms with van der Waals surface area (Å²) < 4.78 is 65.6. The van der Waals surface area contributed by atoms with Gasteiger partial charge in [0.2, 0.25) is 5.91 Å². The largest absolute Gasteiger partial charge is 0.573 e. The maximum atomic E-state index is 12.7. The maximum Gasteiger partial charge on any atom is 0.573 e. The SMILES string of the molecule is CS(=O)(=O)c1ccc(C(C(N)=O)c2ccc(-c3ccccc3OC(F)(F)F)c(Cl)c2)cc1. The molecule has 2 N–H and O–H groups in total. The van der Waals surface area contributed by atoms with Crippen LogP contribution in [0.1, 0.15) is 17.0 Å². The average Bonchev–Trinajstić information content (AvgIpc) is 2.67. The molecule has 0 heterocycles. The molecule has 0 aliphatic rings. The number of para-hydroxylation sites is 1. The van der Waals surface area contributed by atoms with Crippen molar-refractivity contribution in [2.24, 2.45) is 5.73 Å². The molecule has 168 valence electrons. The Morgan fingerprint density at radius 2 is 1.56 bits per heavy atom. The van der Waals surface area contributed by atoms with Gasteiger partial charge in [-0.3, -0.25) is 4.79 Å². The van der Waals surface area contributed by atoms with Gasteiger partial charge in [0, 0.05) is 22.4 Å². The highest BCUT2D eigenvalue weighted by molar-refractivity contribution is 7.90. The number of carbonyl (C=O) groups excluding carboxylic acids is 1. The highest BCUT2D eigenvalue weighted by atomic mass is 35.5. The number of nitrogens with two attached hydrogens (primary N) is 1. The molecule has 0 aliphatic carbocycles. The second-order valence-corrected chi connectivity index (χ2v) is 9.38. The van der Waals surface area contributed by atoms with Gasteiger partial charge < -0.3 is 10.5 Å². The molecule has 0 fully saturated rings. The van der Waals surface area contributed by atoms with Gasteiger partial charge in [-0.1, -0.05) is 54.1 Å². The van der Waals surface area contributed by atoms with E-state index >= 15 is 0 Å². The van der Waals surface area contributed by atoms with Crippen LogP contribution < -0.4 is 10.5 Å². The van der Waals surface area contributed by atoms with Gasteiger partial charge in [0.05, 0.1) is 10.8 Å². The van der Waals surface area contributed by atoms with Crippen LogP contribution in [-0.2, 0) is 14.6 Å². The monoisotopic (exact) mass is 483 g/mol. The lowest BCUT2D eigenvalue weighted by atomic mass is 9.89. The fourth-order valence-corrected chi connectivity index (χ4v) is 4.18. The van der Waals surface area contributed by atoms with Crippen molar-refractivity contribution in [3.05, 3.63) is 82.9 Å². The van der Waals surface area contributed by atoms with Gasteiger partial charge in [-0.2, -0.15) is 0 Å². The summed E-state index contributed by atoms with van der Waals surface area (Å²) in [7, 11) is -3.42. The zero-order chi connectivity index (χ0) is 23.7. The third-order valence-corrected chi connectivity index (χ3v) is 6.10. The van der Waals surface area contributed by atoms with Crippen LogP contribution >= 0.6 is 11.6 Å². The van der Waals surface area contributed by atoms with Crippen LogP contribution in [0.2, 0.25) is 5.02 Å². The summed E-state index contributed by atoms with van der Waals surface area (Å²) in [6.07, 6.45) is -3.82. The van der Waals surface area contributed by atoms with Crippen molar-refractivity contribution in [3.63, 3.8) is 0 Å². The molecule has 0 spiro atoms. The summed E-state index contributed by atoms with van der Waals surface area (Å²) >= 11 is 6.36. The second-order valence-electron chi connectivity index (χ2n) is 6.96. The first-order valence-corrected chi connectivity index (χ1v) is 11.4. The standard InChI is InChI=1S/C22H17ClF3NO4S/c1-32(29,30)15-9-6-13(7-10-15)20(21(27)28)14-8-11-16(18(23)12-14)17-4-2-3-5-19(17)31-22(24,25)26/h2-12,20H,1H3,(H2,27,28). The summed E-state index contributed by atoms with van der Waals surface area (Å²) in [5.74, 6) is -2.07. The topological polar surface area (TPSA) is 86.5 Å². The Labute approximate surface area is 187 Å². The van der Waals surface area contributed by atoms with Crippen molar-refractivity contribution in [2.75, 3.05) is 6.26 Å². The number of hydrogen-bond donors (Lipinski definition) is 1. The number of sulfone groups is 1. The summed E-state index contributed by atoms with van der Waals surface area (Å²) in [5.41, 5.74) is 6.80. The van der Waals surface area contributed by atoms with E-state index in [0.29, 0.717) is 11.1 Å². The van der Waals surface area contributed by atoms with E-state index in [1.165, 1.54) is 60.7 Å². The molecule has 0 bridgehead atoms. The number of amides is 1. The zero-order valence-corrected chi connectivity index (χ0v) is 18.1. The quantitative estimate of drug-likeness (QED) is 0.539. The Hall–Kier alpha value is -3.04. The smallest absolute Gasteiger partial charge is 0.405 e. The normalized spacial score (nSPS) is 12.9. The van der Waals surface area contributed by atoms with Gasteiger partial charge in [0.25, 0.3) is 0 Å². The number of halogens is 4. The van der Waals surface area contributed by atoms with Crippen LogP contribution in [0.25, 0.3) is 11.1 Å². The number of hydrogen-bond acceptors (Lipinski definition) is 4. The number of benzene rings is 3.